The van der Waals surface area contributed by atoms with Crippen molar-refractivity contribution < 1.29 is 87.8 Å². The minimum atomic E-state index is -7.22. The summed E-state index contributed by atoms with van der Waals surface area (Å²) < 4.78 is 294. The Kier molecular flexibility index (Phi) is 29.1. The van der Waals surface area contributed by atoms with E-state index < -0.39 is 144 Å². The molecule has 0 atom stereocenters. The third-order valence-corrected chi connectivity index (χ3v) is 14.7. The third kappa shape index (κ3) is 16.2. The molecule has 0 aliphatic carbocycles. The maximum atomic E-state index is 15.4. The Morgan fingerprint density at radius 2 is 0.451 bits per heavy atom. The zero-order valence-electron chi connectivity index (χ0n) is 46.3. The number of hydrogen-bond donors (Lipinski definition) is 1. The van der Waals surface area contributed by atoms with Gasteiger partial charge in [0.2, 0.25) is 0 Å². The first kappa shape index (κ1) is 70.8. The average Bonchev–Trinajstić information content (AvgIpc) is 2.42. The molecule has 0 aliphatic rings. The first-order valence-corrected chi connectivity index (χ1v) is 27.5. The number of para-hydroxylation sites is 1. The van der Waals surface area contributed by atoms with Gasteiger partial charge in [0.25, 0.3) is 0 Å². The van der Waals surface area contributed by atoms with Crippen LogP contribution in [0.5, 0.6) is 0 Å². The van der Waals surface area contributed by atoms with Crippen molar-refractivity contribution in [2.75, 3.05) is 18.0 Å². The Morgan fingerprint density at radius 1 is 0.268 bits per heavy atom. The van der Waals surface area contributed by atoms with E-state index >= 15 is 35.1 Å². The molecule has 0 radical (unpaired) electrons. The van der Waals surface area contributed by atoms with E-state index in [1.165, 1.54) is 178 Å². The topological polar surface area (TPSA) is 39.7 Å². The molecular weight excluding hydrogens is 1130 g/mol. The van der Waals surface area contributed by atoms with Gasteiger partial charge in [0.1, 0.15) is 52.7 Å². The lowest BCUT2D eigenvalue weighted by molar-refractivity contribution is 0.378. The van der Waals surface area contributed by atoms with Gasteiger partial charge in [-0.25, -0.2) is 87.8 Å². The van der Waals surface area contributed by atoms with Crippen LogP contribution >= 0.6 is 0 Å². The maximum Gasteiger partial charge on any atom is 0.200 e. The number of rotatable bonds is 31. The molecule has 4 N–H and O–H groups in total. The smallest absolute Gasteiger partial charge is 0.200 e. The molecule has 0 aliphatic heterocycles. The Labute approximate surface area is 465 Å². The summed E-state index contributed by atoms with van der Waals surface area (Å²) in [5, 5.41) is 0. The number of halogens is 20. The molecule has 0 heterocycles. The van der Waals surface area contributed by atoms with Gasteiger partial charge in [0.15, 0.2) is 69.8 Å². The van der Waals surface area contributed by atoms with Gasteiger partial charge in [-0.3, -0.25) is 0 Å². The van der Waals surface area contributed by atoms with E-state index in [9.17, 15) is 52.7 Å². The summed E-state index contributed by atoms with van der Waals surface area (Å²) in [5.74, 6) is -71.4. The van der Waals surface area contributed by atoms with Crippen molar-refractivity contribution in [1.82, 2.24) is 6.15 Å². The Balaban J connectivity index is 0.000000437. The van der Waals surface area contributed by atoms with Crippen molar-refractivity contribution in [3.8, 4) is 0 Å². The number of nitrogens with zero attached hydrogens (tertiary/aromatic N) is 1. The molecule has 82 heavy (non-hydrogen) atoms. The van der Waals surface area contributed by atoms with Gasteiger partial charge < -0.3 is 11.1 Å². The fraction of sp³-hybridized carbons (Fsp3) is 0.492. The lowest BCUT2D eigenvalue weighted by Crippen LogP contribution is -2.81. The predicted molar refractivity (Wildman–Crippen MR) is 281 cm³/mol. The molecular formula is C59H69BF20N2. The van der Waals surface area contributed by atoms with Crippen LogP contribution in [0.25, 0.3) is 0 Å². The number of anilines is 1. The van der Waals surface area contributed by atoms with Gasteiger partial charge in [0.05, 0.1) is 0 Å². The highest BCUT2D eigenvalue weighted by Crippen LogP contribution is 2.31. The van der Waals surface area contributed by atoms with Gasteiger partial charge in [-0.15, -0.1) is 21.9 Å². The molecule has 5 aromatic rings. The summed E-state index contributed by atoms with van der Waals surface area (Å²) in [6.07, 6.45) is 27.1. The third-order valence-electron chi connectivity index (χ3n) is 14.7. The molecule has 0 fully saturated rings. The van der Waals surface area contributed by atoms with Crippen molar-refractivity contribution in [3.63, 3.8) is 0 Å². The Bertz CT molecular complexity index is 2480. The minimum absolute atomic E-state index is 0. The molecule has 0 amide bonds. The van der Waals surface area contributed by atoms with E-state index in [1.807, 2.05) is 0 Å². The van der Waals surface area contributed by atoms with Crippen LogP contribution in [-0.2, 0) is 0 Å². The molecule has 0 saturated carbocycles. The fourth-order valence-corrected chi connectivity index (χ4v) is 10.4. The normalized spacial score (nSPS) is 11.5. The molecule has 23 heteroatoms. The molecule has 2 nitrogen and oxygen atoms in total. The molecule has 5 aromatic carbocycles. The first-order valence-electron chi connectivity index (χ1n) is 27.5. The van der Waals surface area contributed by atoms with Crippen molar-refractivity contribution in [2.24, 2.45) is 0 Å². The second-order valence-corrected chi connectivity index (χ2v) is 20.4. The van der Waals surface area contributed by atoms with Crippen LogP contribution in [0.1, 0.15) is 174 Å². The number of unbranched alkanes of at least 4 members (excludes halogenated alkanes) is 22. The molecule has 0 spiro atoms. The van der Waals surface area contributed by atoms with E-state index in [0.29, 0.717) is 0 Å². The van der Waals surface area contributed by atoms with Crippen molar-refractivity contribution in [3.05, 3.63) is 146 Å². The van der Waals surface area contributed by atoms with Crippen molar-refractivity contribution >= 4 is 33.7 Å². The lowest BCUT2D eigenvalue weighted by atomic mass is 9.12. The summed E-state index contributed by atoms with van der Waals surface area (Å²) >= 11 is 0. The SMILES string of the molecule is CCCCCCCCCCCCCCCCN(CCCCCCCCCCCC)c1ccccc1C.Fc1c(F)c(F)c([B-](c2c(F)c(F)c(F)c(F)c2F)(c2c(F)c(F)c(F)c(F)c2F)c2c(F)c(F)c(F)c(F)c2F)c(F)c1F.[NH4+]. The average molecular weight is 1200 g/mol. The van der Waals surface area contributed by atoms with E-state index in [-0.39, 0.29) is 6.15 Å². The zero-order valence-corrected chi connectivity index (χ0v) is 46.3. The van der Waals surface area contributed by atoms with Gasteiger partial charge in [-0.1, -0.05) is 173 Å². The Hall–Kier alpha value is -5.48. The van der Waals surface area contributed by atoms with E-state index in [0.717, 1.165) is 0 Å². The van der Waals surface area contributed by atoms with Crippen LogP contribution in [0.4, 0.5) is 93.5 Å². The molecule has 5 rings (SSSR count). The molecule has 0 aromatic heterocycles. The van der Waals surface area contributed by atoms with Crippen LogP contribution in [0.2, 0.25) is 0 Å². The summed E-state index contributed by atoms with van der Waals surface area (Å²) in [7, 11) is 0. The molecule has 0 bridgehead atoms. The van der Waals surface area contributed by atoms with E-state index in [1.54, 1.807) is 0 Å². The van der Waals surface area contributed by atoms with Crippen molar-refractivity contribution in [1.29, 1.82) is 0 Å². The number of benzene rings is 5. The van der Waals surface area contributed by atoms with Gasteiger partial charge in [0, 0.05) is 18.8 Å². The van der Waals surface area contributed by atoms with Gasteiger partial charge in [-0.05, 0) is 31.4 Å². The van der Waals surface area contributed by atoms with Crippen molar-refractivity contribution in [2.45, 2.75) is 175 Å². The number of aryl methyl sites for hydroxylation is 1. The summed E-state index contributed by atoms with van der Waals surface area (Å²) in [5.41, 5.74) is -11.4. The molecule has 458 valence electrons. The monoisotopic (exact) mass is 1200 g/mol. The second kappa shape index (κ2) is 33.7. The first-order chi connectivity index (χ1) is 38.5. The summed E-state index contributed by atoms with van der Waals surface area (Å²) in [6, 6.07) is 9.03. The zero-order chi connectivity index (χ0) is 60.3. The highest BCUT2D eigenvalue weighted by atomic mass is 19.2. The predicted octanol–water partition coefficient (Wildman–Crippen LogP) is 18.4. The van der Waals surface area contributed by atoms with E-state index in [2.05, 4.69) is 49.9 Å². The number of quaternary nitrogens is 1. The lowest BCUT2D eigenvalue weighted by Gasteiger charge is -2.44. The molecule has 0 unspecified atom stereocenters. The highest BCUT2D eigenvalue weighted by Gasteiger charge is 2.52. The quantitative estimate of drug-likeness (QED) is 0.0155. The maximum absolute atomic E-state index is 15.4. The minimum Gasteiger partial charge on any atom is -0.371 e. The molecule has 0 saturated heterocycles. The highest BCUT2D eigenvalue weighted by molar-refractivity contribution is 7.20. The summed E-state index contributed by atoms with van der Waals surface area (Å²) in [4.78, 5) is 2.70. The van der Waals surface area contributed by atoms with Gasteiger partial charge in [-0.2, -0.15) is 0 Å². The Morgan fingerprint density at radius 3 is 0.659 bits per heavy atom. The van der Waals surface area contributed by atoms with Crippen LogP contribution in [0, 0.1) is 123 Å². The van der Waals surface area contributed by atoms with Crippen LogP contribution < -0.4 is 32.9 Å². The fourth-order valence-electron chi connectivity index (χ4n) is 10.4. The van der Waals surface area contributed by atoms with Crippen LogP contribution in [0.15, 0.2) is 24.3 Å². The summed E-state index contributed by atoms with van der Waals surface area (Å²) in [6.45, 7) is 9.37. The van der Waals surface area contributed by atoms with Gasteiger partial charge >= 0.3 is 0 Å². The van der Waals surface area contributed by atoms with E-state index in [4.69, 9.17) is 0 Å². The number of hydrogen-bond acceptors (Lipinski definition) is 1. The van der Waals surface area contributed by atoms with Crippen LogP contribution in [-0.4, -0.2) is 19.2 Å². The second-order valence-electron chi connectivity index (χ2n) is 20.4. The largest absolute Gasteiger partial charge is 0.371 e. The standard InChI is InChI=1S/C35H65N.C24BF20.H3N/c1-4-6-8-10-12-14-16-17-18-19-21-23-25-29-33-36(35-31-27-26-30-34(35)3)32-28-24-22-20-15-13-11-9-7-5-2;26-5-1(6(27)14(35)21(42)13(5)34)25(2-7(28)15(36)22(43)16(37)8(2)29,3-9(30)17(38)23(44)18(39)10(3)31)4-11(32)19(40)24(45)20(41)12(4)33;/h26-27,30-31H,4-25,28-29,32-33H2,1-3H3;;1H3/q;-1;/p+1. The van der Waals surface area contributed by atoms with Crippen LogP contribution in [0.3, 0.4) is 0 Å².